The minimum atomic E-state index is -0.930. The molecule has 150 valence electrons. The number of aromatic nitrogens is 4. The molecule has 0 spiro atoms. The molecule has 0 fully saturated rings. The van der Waals surface area contributed by atoms with Gasteiger partial charge in [-0.15, -0.1) is 0 Å². The van der Waals surface area contributed by atoms with Gasteiger partial charge in [0, 0.05) is 30.2 Å². The lowest BCUT2D eigenvalue weighted by Crippen LogP contribution is -2.13. The molecule has 0 saturated carbocycles. The van der Waals surface area contributed by atoms with Crippen molar-refractivity contribution in [1.29, 1.82) is 0 Å². The number of imidazole rings is 1. The summed E-state index contributed by atoms with van der Waals surface area (Å²) in [6.07, 6.45) is 5.02. The summed E-state index contributed by atoms with van der Waals surface area (Å²) < 4.78 is 34.2. The number of hydrogen-bond donors (Lipinski definition) is 1. The second-order valence-corrected chi connectivity index (χ2v) is 6.29. The zero-order chi connectivity index (χ0) is 21.1. The average molecular weight is 407 g/mol. The van der Waals surface area contributed by atoms with Gasteiger partial charge in [0.25, 0.3) is 5.91 Å². The molecule has 4 rings (SSSR count). The van der Waals surface area contributed by atoms with Gasteiger partial charge in [0.1, 0.15) is 35.4 Å². The molecule has 7 nitrogen and oxygen atoms in total. The molecular weight excluding hydrogens is 392 g/mol. The van der Waals surface area contributed by atoms with Gasteiger partial charge in [-0.1, -0.05) is 0 Å². The number of carbonyl (C=O) groups excluding carboxylic acids is 1. The van der Waals surface area contributed by atoms with Crippen LogP contribution in [0.2, 0.25) is 0 Å². The molecule has 0 aliphatic heterocycles. The van der Waals surface area contributed by atoms with E-state index in [1.54, 1.807) is 60.5 Å². The van der Waals surface area contributed by atoms with E-state index in [4.69, 9.17) is 4.74 Å². The van der Waals surface area contributed by atoms with Crippen molar-refractivity contribution >= 4 is 11.6 Å². The van der Waals surface area contributed by atoms with Crippen molar-refractivity contribution in [3.8, 4) is 17.4 Å². The predicted molar refractivity (Wildman–Crippen MR) is 105 cm³/mol. The minimum Gasteiger partial charge on any atom is -0.439 e. The van der Waals surface area contributed by atoms with Crippen molar-refractivity contribution in [3.05, 3.63) is 90.3 Å². The van der Waals surface area contributed by atoms with Crippen LogP contribution in [-0.2, 0) is 0 Å². The van der Waals surface area contributed by atoms with Crippen LogP contribution in [0.25, 0.3) is 5.82 Å². The Morgan fingerprint density at radius 2 is 1.87 bits per heavy atom. The smallest absolute Gasteiger partial charge is 0.258 e. The second kappa shape index (κ2) is 8.08. The molecule has 2 aromatic carbocycles. The maximum atomic E-state index is 13.7. The number of carbonyl (C=O) groups is 1. The lowest BCUT2D eigenvalue weighted by Gasteiger charge is -2.10. The van der Waals surface area contributed by atoms with Gasteiger partial charge in [-0.25, -0.2) is 18.7 Å². The molecule has 1 amide bonds. The molecule has 0 unspecified atom stereocenters. The van der Waals surface area contributed by atoms with E-state index in [0.29, 0.717) is 35.0 Å². The van der Waals surface area contributed by atoms with Crippen LogP contribution in [0.1, 0.15) is 16.2 Å². The number of benzene rings is 2. The van der Waals surface area contributed by atoms with E-state index in [2.05, 4.69) is 20.3 Å². The summed E-state index contributed by atoms with van der Waals surface area (Å²) in [5, 5.41) is 2.55. The lowest BCUT2D eigenvalue weighted by atomic mass is 10.2. The molecule has 4 aromatic rings. The molecule has 2 aromatic heterocycles. The number of ether oxygens (including phenoxy) is 1. The normalized spacial score (nSPS) is 10.6. The summed E-state index contributed by atoms with van der Waals surface area (Å²) in [4.78, 5) is 24.8. The van der Waals surface area contributed by atoms with Gasteiger partial charge < -0.3 is 10.1 Å². The lowest BCUT2D eigenvalue weighted by molar-refractivity contribution is 0.102. The average Bonchev–Trinajstić information content (AvgIpc) is 3.24. The van der Waals surface area contributed by atoms with Crippen LogP contribution >= 0.6 is 0 Å². The Morgan fingerprint density at radius 1 is 1.07 bits per heavy atom. The Balaban J connectivity index is 1.47. The van der Waals surface area contributed by atoms with Crippen molar-refractivity contribution in [2.45, 2.75) is 6.92 Å². The highest BCUT2D eigenvalue weighted by Gasteiger charge is 2.13. The number of amides is 1. The molecule has 1 N–H and O–H groups in total. The van der Waals surface area contributed by atoms with Gasteiger partial charge >= 0.3 is 0 Å². The number of nitrogens with zero attached hydrogens (tertiary/aromatic N) is 4. The highest BCUT2D eigenvalue weighted by molar-refractivity contribution is 6.04. The third kappa shape index (κ3) is 4.30. The Bertz CT molecular complexity index is 1190. The molecule has 0 atom stereocenters. The van der Waals surface area contributed by atoms with Gasteiger partial charge in [-0.3, -0.25) is 9.36 Å². The summed E-state index contributed by atoms with van der Waals surface area (Å²) >= 11 is 0. The largest absolute Gasteiger partial charge is 0.439 e. The van der Waals surface area contributed by atoms with Crippen LogP contribution in [0.4, 0.5) is 14.5 Å². The van der Waals surface area contributed by atoms with E-state index >= 15 is 0 Å². The van der Waals surface area contributed by atoms with E-state index in [1.807, 2.05) is 0 Å². The van der Waals surface area contributed by atoms with Gasteiger partial charge in [0.2, 0.25) is 5.88 Å². The van der Waals surface area contributed by atoms with Crippen LogP contribution < -0.4 is 10.1 Å². The zero-order valence-corrected chi connectivity index (χ0v) is 15.7. The van der Waals surface area contributed by atoms with Crippen molar-refractivity contribution in [3.63, 3.8) is 0 Å². The Kier molecular flexibility index (Phi) is 5.17. The van der Waals surface area contributed by atoms with E-state index in [1.165, 1.54) is 0 Å². The van der Waals surface area contributed by atoms with Crippen LogP contribution in [0, 0.1) is 18.6 Å². The third-order valence-electron chi connectivity index (χ3n) is 4.08. The van der Waals surface area contributed by atoms with Crippen LogP contribution in [-0.4, -0.2) is 25.4 Å². The Morgan fingerprint density at radius 3 is 2.57 bits per heavy atom. The first-order valence-electron chi connectivity index (χ1n) is 8.86. The number of nitrogens with one attached hydrogen (secondary N) is 1. The monoisotopic (exact) mass is 407 g/mol. The maximum Gasteiger partial charge on any atom is 0.258 e. The van der Waals surface area contributed by atoms with Crippen molar-refractivity contribution < 1.29 is 18.3 Å². The topological polar surface area (TPSA) is 81.9 Å². The van der Waals surface area contributed by atoms with E-state index in [-0.39, 0.29) is 5.56 Å². The van der Waals surface area contributed by atoms with E-state index < -0.39 is 17.5 Å². The fourth-order valence-corrected chi connectivity index (χ4v) is 2.70. The fraction of sp³-hybridized carbons (Fsp3) is 0.0476. The Hall–Kier alpha value is -4.14. The first-order chi connectivity index (χ1) is 14.5. The van der Waals surface area contributed by atoms with Gasteiger partial charge in [-0.2, -0.15) is 4.98 Å². The maximum absolute atomic E-state index is 13.7. The summed E-state index contributed by atoms with van der Waals surface area (Å²) in [5.74, 6) is -0.395. The van der Waals surface area contributed by atoms with Crippen molar-refractivity contribution in [2.75, 3.05) is 5.32 Å². The molecule has 0 radical (unpaired) electrons. The third-order valence-corrected chi connectivity index (χ3v) is 4.08. The first-order valence-corrected chi connectivity index (χ1v) is 8.86. The van der Waals surface area contributed by atoms with Crippen LogP contribution in [0.15, 0.2) is 67.3 Å². The minimum absolute atomic E-state index is 0.250. The van der Waals surface area contributed by atoms with E-state index in [9.17, 15) is 13.6 Å². The molecule has 30 heavy (non-hydrogen) atoms. The second-order valence-electron chi connectivity index (χ2n) is 6.29. The molecule has 0 aliphatic carbocycles. The van der Waals surface area contributed by atoms with Crippen LogP contribution in [0.5, 0.6) is 11.6 Å². The van der Waals surface area contributed by atoms with Gasteiger partial charge in [0.15, 0.2) is 0 Å². The highest BCUT2D eigenvalue weighted by atomic mass is 19.1. The summed E-state index contributed by atoms with van der Waals surface area (Å²) in [6.45, 7) is 1.75. The van der Waals surface area contributed by atoms with Crippen molar-refractivity contribution in [2.24, 2.45) is 0 Å². The number of rotatable bonds is 5. The number of hydrogen-bond acceptors (Lipinski definition) is 5. The SMILES string of the molecule is Cc1nc(Oc2ccc(NC(=O)c3ccc(F)cc3F)cc2)cc(-n2ccnc2)n1. The molecule has 0 saturated heterocycles. The quantitative estimate of drug-likeness (QED) is 0.534. The molecular formula is C21H15F2N5O2. The van der Waals surface area contributed by atoms with E-state index in [0.717, 1.165) is 12.1 Å². The first kappa shape index (κ1) is 19.2. The molecule has 2 heterocycles. The molecule has 0 aliphatic rings. The summed E-state index contributed by atoms with van der Waals surface area (Å²) in [7, 11) is 0. The molecule has 0 bridgehead atoms. The Labute approximate surface area is 170 Å². The van der Waals surface area contributed by atoms with Crippen LogP contribution in [0.3, 0.4) is 0 Å². The molecule has 9 heteroatoms. The standard InChI is InChI=1S/C21H15F2N5O2/c1-13-25-19(28-9-8-24-12-28)11-20(26-13)30-16-5-3-15(4-6-16)27-21(29)17-7-2-14(22)10-18(17)23/h2-12H,1H3,(H,27,29). The van der Waals surface area contributed by atoms with Gasteiger partial charge in [0.05, 0.1) is 5.56 Å². The fourth-order valence-electron chi connectivity index (χ4n) is 2.70. The summed E-state index contributed by atoms with van der Waals surface area (Å²) in [6, 6.07) is 10.9. The van der Waals surface area contributed by atoms with Gasteiger partial charge in [-0.05, 0) is 43.3 Å². The number of aryl methyl sites for hydroxylation is 1. The highest BCUT2D eigenvalue weighted by Crippen LogP contribution is 2.23. The number of halogens is 2. The van der Waals surface area contributed by atoms with Crippen molar-refractivity contribution in [1.82, 2.24) is 19.5 Å². The number of anilines is 1. The predicted octanol–water partition coefficient (Wildman–Crippen LogP) is 4.29. The zero-order valence-electron chi connectivity index (χ0n) is 15.7. The summed E-state index contributed by atoms with van der Waals surface area (Å²) in [5.41, 5.74) is 0.175.